The number of benzene rings is 1. The molecule has 120 valence electrons. The van der Waals surface area contributed by atoms with Crippen LogP contribution in [0.5, 0.6) is 0 Å². The van der Waals surface area contributed by atoms with Gasteiger partial charge in [0.05, 0.1) is 5.56 Å². The van der Waals surface area contributed by atoms with Crippen molar-refractivity contribution in [2.45, 2.75) is 19.5 Å². The minimum Gasteiger partial charge on any atom is -0.341 e. The van der Waals surface area contributed by atoms with Crippen LogP contribution < -0.4 is 0 Å². The Kier molecular flexibility index (Phi) is 4.73. The van der Waals surface area contributed by atoms with E-state index in [0.29, 0.717) is 32.6 Å². The smallest absolute Gasteiger partial charge is 0.341 e. The molecule has 0 aromatic heterocycles. The molecule has 1 fully saturated rings. The molecule has 2 amide bonds. The van der Waals surface area contributed by atoms with Crippen molar-refractivity contribution in [1.29, 1.82) is 0 Å². The molecule has 1 heterocycles. The number of nitrogens with zero attached hydrogens (tertiary/aromatic N) is 2. The lowest BCUT2D eigenvalue weighted by Gasteiger charge is -2.21. The van der Waals surface area contributed by atoms with E-state index in [2.05, 4.69) is 0 Å². The highest BCUT2D eigenvalue weighted by Crippen LogP contribution is 2.29. The number of rotatable bonds is 1. The fourth-order valence-electron chi connectivity index (χ4n) is 2.42. The summed E-state index contributed by atoms with van der Waals surface area (Å²) in [6, 6.07) is 4.21. The first-order chi connectivity index (χ1) is 10.3. The topological polar surface area (TPSA) is 40.6 Å². The summed E-state index contributed by atoms with van der Waals surface area (Å²) in [5.74, 6) is -0.344. The maximum absolute atomic E-state index is 12.5. The Morgan fingerprint density at radius 3 is 2.05 bits per heavy atom. The van der Waals surface area contributed by atoms with Gasteiger partial charge in [0.15, 0.2) is 0 Å². The van der Waals surface area contributed by atoms with E-state index in [-0.39, 0.29) is 17.4 Å². The summed E-state index contributed by atoms with van der Waals surface area (Å²) in [6.45, 7) is 3.39. The molecule has 0 bridgehead atoms. The van der Waals surface area contributed by atoms with E-state index < -0.39 is 11.7 Å². The van der Waals surface area contributed by atoms with E-state index in [9.17, 15) is 22.8 Å². The number of hydrogen-bond donors (Lipinski definition) is 0. The molecule has 2 rings (SSSR count). The SMILES string of the molecule is CC(=O)N1CCCN(C(=O)c2ccc(C(F)(F)F)cc2)CC1. The van der Waals surface area contributed by atoms with Gasteiger partial charge in [0.25, 0.3) is 5.91 Å². The maximum atomic E-state index is 12.5. The molecule has 22 heavy (non-hydrogen) atoms. The van der Waals surface area contributed by atoms with Gasteiger partial charge in [-0.2, -0.15) is 13.2 Å². The number of halogens is 3. The largest absolute Gasteiger partial charge is 0.416 e. The second-order valence-corrected chi connectivity index (χ2v) is 5.23. The van der Waals surface area contributed by atoms with Crippen LogP contribution >= 0.6 is 0 Å². The Balaban J connectivity index is 2.06. The zero-order valence-corrected chi connectivity index (χ0v) is 12.2. The van der Waals surface area contributed by atoms with Crippen LogP contribution in [0.2, 0.25) is 0 Å². The summed E-state index contributed by atoms with van der Waals surface area (Å²) in [7, 11) is 0. The van der Waals surface area contributed by atoms with Crippen molar-refractivity contribution in [3.8, 4) is 0 Å². The van der Waals surface area contributed by atoms with Gasteiger partial charge in [-0.1, -0.05) is 0 Å². The van der Waals surface area contributed by atoms with Gasteiger partial charge in [-0.15, -0.1) is 0 Å². The highest BCUT2D eigenvalue weighted by atomic mass is 19.4. The van der Waals surface area contributed by atoms with Crippen LogP contribution in [0.1, 0.15) is 29.3 Å². The Labute approximate surface area is 126 Å². The summed E-state index contributed by atoms with van der Waals surface area (Å²) in [5.41, 5.74) is -0.549. The van der Waals surface area contributed by atoms with Crippen molar-refractivity contribution in [3.05, 3.63) is 35.4 Å². The molecule has 4 nitrogen and oxygen atoms in total. The molecule has 0 saturated carbocycles. The lowest BCUT2D eigenvalue weighted by atomic mass is 10.1. The molecule has 7 heteroatoms. The van der Waals surface area contributed by atoms with E-state index in [0.717, 1.165) is 12.1 Å². The lowest BCUT2D eigenvalue weighted by molar-refractivity contribution is -0.137. The van der Waals surface area contributed by atoms with Gasteiger partial charge in [0, 0.05) is 38.7 Å². The van der Waals surface area contributed by atoms with Gasteiger partial charge in [0.2, 0.25) is 5.91 Å². The lowest BCUT2D eigenvalue weighted by Crippen LogP contribution is -2.36. The minimum atomic E-state index is -4.41. The standard InChI is InChI=1S/C15H17F3N2O2/c1-11(21)19-7-2-8-20(10-9-19)14(22)12-3-5-13(6-4-12)15(16,17)18/h3-6H,2,7-10H2,1H3. The summed E-state index contributed by atoms with van der Waals surface area (Å²) < 4.78 is 37.5. The summed E-state index contributed by atoms with van der Waals surface area (Å²) >= 11 is 0. The van der Waals surface area contributed by atoms with Gasteiger partial charge < -0.3 is 9.80 Å². The van der Waals surface area contributed by atoms with Crippen LogP contribution in [0, 0.1) is 0 Å². The molecule has 0 aliphatic carbocycles. The average molecular weight is 314 g/mol. The first kappa shape index (κ1) is 16.3. The number of hydrogen-bond acceptors (Lipinski definition) is 2. The van der Waals surface area contributed by atoms with Crippen molar-refractivity contribution in [2.24, 2.45) is 0 Å². The summed E-state index contributed by atoms with van der Waals surface area (Å²) in [6.07, 6.45) is -3.75. The molecular formula is C15H17F3N2O2. The van der Waals surface area contributed by atoms with Gasteiger partial charge in [-0.3, -0.25) is 9.59 Å². The van der Waals surface area contributed by atoms with E-state index >= 15 is 0 Å². The van der Waals surface area contributed by atoms with Gasteiger partial charge in [0.1, 0.15) is 0 Å². The third-order valence-electron chi connectivity index (χ3n) is 3.69. The number of carbonyl (C=O) groups is 2. The van der Waals surface area contributed by atoms with Crippen LogP contribution in [0.15, 0.2) is 24.3 Å². The van der Waals surface area contributed by atoms with Crippen LogP contribution in [-0.2, 0) is 11.0 Å². The molecule has 1 aromatic carbocycles. The van der Waals surface area contributed by atoms with Crippen molar-refractivity contribution < 1.29 is 22.8 Å². The normalized spacial score (nSPS) is 16.4. The third kappa shape index (κ3) is 3.78. The third-order valence-corrected chi connectivity index (χ3v) is 3.69. The highest BCUT2D eigenvalue weighted by Gasteiger charge is 2.30. The molecule has 0 radical (unpaired) electrons. The Bertz CT molecular complexity index is 555. The number of amides is 2. The molecule has 0 N–H and O–H groups in total. The van der Waals surface area contributed by atoms with Crippen molar-refractivity contribution in [1.82, 2.24) is 9.80 Å². The average Bonchev–Trinajstić information content (AvgIpc) is 2.71. The number of carbonyl (C=O) groups excluding carboxylic acids is 2. The quantitative estimate of drug-likeness (QED) is 0.798. The van der Waals surface area contributed by atoms with Gasteiger partial charge in [-0.25, -0.2) is 0 Å². The van der Waals surface area contributed by atoms with Crippen LogP contribution in [0.25, 0.3) is 0 Å². The highest BCUT2D eigenvalue weighted by molar-refractivity contribution is 5.94. The molecule has 0 unspecified atom stereocenters. The van der Waals surface area contributed by atoms with Crippen LogP contribution in [-0.4, -0.2) is 47.8 Å². The van der Waals surface area contributed by atoms with E-state index in [1.165, 1.54) is 19.1 Å². The van der Waals surface area contributed by atoms with Crippen LogP contribution in [0.3, 0.4) is 0 Å². The van der Waals surface area contributed by atoms with E-state index in [1.807, 2.05) is 0 Å². The molecule has 1 aromatic rings. The summed E-state index contributed by atoms with van der Waals surface area (Å²) in [4.78, 5) is 26.9. The Morgan fingerprint density at radius 2 is 1.50 bits per heavy atom. The fraction of sp³-hybridized carbons (Fsp3) is 0.467. The molecule has 1 aliphatic rings. The van der Waals surface area contributed by atoms with Crippen molar-refractivity contribution in [2.75, 3.05) is 26.2 Å². The first-order valence-electron chi connectivity index (χ1n) is 7.01. The molecule has 0 atom stereocenters. The first-order valence-corrected chi connectivity index (χ1v) is 7.01. The van der Waals surface area contributed by atoms with Crippen LogP contribution in [0.4, 0.5) is 13.2 Å². The second-order valence-electron chi connectivity index (χ2n) is 5.23. The zero-order chi connectivity index (χ0) is 16.3. The Morgan fingerprint density at radius 1 is 0.955 bits per heavy atom. The molecule has 0 spiro atoms. The maximum Gasteiger partial charge on any atom is 0.416 e. The monoisotopic (exact) mass is 314 g/mol. The molecule has 1 aliphatic heterocycles. The fourth-order valence-corrected chi connectivity index (χ4v) is 2.42. The van der Waals surface area contributed by atoms with E-state index in [4.69, 9.17) is 0 Å². The number of alkyl halides is 3. The molecule has 1 saturated heterocycles. The second kappa shape index (κ2) is 6.37. The van der Waals surface area contributed by atoms with Crippen molar-refractivity contribution in [3.63, 3.8) is 0 Å². The zero-order valence-electron chi connectivity index (χ0n) is 12.2. The van der Waals surface area contributed by atoms with Gasteiger partial charge in [-0.05, 0) is 30.7 Å². The Hall–Kier alpha value is -2.05. The minimum absolute atomic E-state index is 0.0381. The van der Waals surface area contributed by atoms with E-state index in [1.54, 1.807) is 9.80 Å². The predicted molar refractivity (Wildman–Crippen MR) is 74.2 cm³/mol. The summed E-state index contributed by atoms with van der Waals surface area (Å²) in [5, 5.41) is 0. The predicted octanol–water partition coefficient (Wildman–Crippen LogP) is 2.40. The van der Waals surface area contributed by atoms with Gasteiger partial charge >= 0.3 is 6.18 Å². The molecular weight excluding hydrogens is 297 g/mol. The van der Waals surface area contributed by atoms with Crippen molar-refractivity contribution >= 4 is 11.8 Å².